The SMILES string of the molecule is C#CC.COCCN1CCCC(C)=C1C(C#N)=C1CCCN(C(=O)OC(C)(C)C)CCC1. The van der Waals surface area contributed by atoms with Crippen LogP contribution in [0.4, 0.5) is 4.79 Å². The molecule has 1 amide bonds. The van der Waals surface area contributed by atoms with Crippen LogP contribution in [0.1, 0.15) is 73.1 Å². The molecule has 6 nitrogen and oxygen atoms in total. The van der Waals surface area contributed by atoms with E-state index in [4.69, 9.17) is 9.47 Å². The summed E-state index contributed by atoms with van der Waals surface area (Å²) >= 11 is 0. The van der Waals surface area contributed by atoms with Gasteiger partial charge in [0.05, 0.1) is 17.9 Å². The number of carbonyl (C=O) groups excluding carboxylic acids is 1. The van der Waals surface area contributed by atoms with Crippen molar-refractivity contribution >= 4 is 6.09 Å². The van der Waals surface area contributed by atoms with Gasteiger partial charge in [-0.15, -0.1) is 12.3 Å². The molecule has 0 aromatic carbocycles. The molecular weight excluding hydrogens is 402 g/mol. The van der Waals surface area contributed by atoms with Crippen molar-refractivity contribution in [1.29, 1.82) is 5.26 Å². The summed E-state index contributed by atoms with van der Waals surface area (Å²) in [6, 6.07) is 2.53. The minimum Gasteiger partial charge on any atom is -0.444 e. The second kappa shape index (κ2) is 13.9. The van der Waals surface area contributed by atoms with Crippen molar-refractivity contribution in [2.24, 2.45) is 0 Å². The maximum atomic E-state index is 12.4. The molecule has 178 valence electrons. The Bertz CT molecular complexity index is 751. The van der Waals surface area contributed by atoms with Gasteiger partial charge in [-0.3, -0.25) is 0 Å². The molecule has 0 unspecified atom stereocenters. The molecule has 2 rings (SSSR count). The predicted molar refractivity (Wildman–Crippen MR) is 129 cm³/mol. The molecule has 32 heavy (non-hydrogen) atoms. The molecule has 0 radical (unpaired) electrons. The molecule has 0 aliphatic carbocycles. The summed E-state index contributed by atoms with van der Waals surface area (Å²) in [6.45, 7) is 13.3. The normalized spacial score (nSPS) is 17.3. The molecule has 6 heteroatoms. The summed E-state index contributed by atoms with van der Waals surface area (Å²) in [5.41, 5.74) is 4.03. The second-order valence-corrected chi connectivity index (χ2v) is 9.27. The Morgan fingerprint density at radius 2 is 1.69 bits per heavy atom. The number of hydrogen-bond acceptors (Lipinski definition) is 5. The van der Waals surface area contributed by atoms with Crippen LogP contribution in [0.2, 0.25) is 0 Å². The third kappa shape index (κ3) is 8.97. The Morgan fingerprint density at radius 1 is 1.12 bits per heavy atom. The number of amides is 1. The summed E-state index contributed by atoms with van der Waals surface area (Å²) in [6.07, 6.45) is 9.92. The maximum absolute atomic E-state index is 12.4. The highest BCUT2D eigenvalue weighted by atomic mass is 16.6. The Hall–Kier alpha value is -2.44. The van der Waals surface area contributed by atoms with Crippen LogP contribution in [0.3, 0.4) is 0 Å². The van der Waals surface area contributed by atoms with Crippen LogP contribution < -0.4 is 0 Å². The maximum Gasteiger partial charge on any atom is 0.410 e. The smallest absolute Gasteiger partial charge is 0.410 e. The largest absolute Gasteiger partial charge is 0.444 e. The van der Waals surface area contributed by atoms with E-state index in [2.05, 4.69) is 30.2 Å². The van der Waals surface area contributed by atoms with Crippen LogP contribution >= 0.6 is 0 Å². The second-order valence-electron chi connectivity index (χ2n) is 9.27. The first kappa shape index (κ1) is 27.6. The first-order valence-corrected chi connectivity index (χ1v) is 11.6. The molecule has 2 aliphatic heterocycles. The fraction of sp³-hybridized carbons (Fsp3) is 0.692. The Labute approximate surface area is 195 Å². The molecule has 0 bridgehead atoms. The van der Waals surface area contributed by atoms with Gasteiger partial charge in [0.25, 0.3) is 0 Å². The highest BCUT2D eigenvalue weighted by Crippen LogP contribution is 2.32. The lowest BCUT2D eigenvalue weighted by molar-refractivity contribution is 0.0241. The summed E-state index contributed by atoms with van der Waals surface area (Å²) in [4.78, 5) is 16.5. The summed E-state index contributed by atoms with van der Waals surface area (Å²) < 4.78 is 10.8. The topological polar surface area (TPSA) is 65.8 Å². The lowest BCUT2D eigenvalue weighted by Gasteiger charge is -2.34. The fourth-order valence-electron chi connectivity index (χ4n) is 4.09. The van der Waals surface area contributed by atoms with Gasteiger partial charge in [-0.05, 0) is 78.7 Å². The zero-order valence-electron chi connectivity index (χ0n) is 20.9. The van der Waals surface area contributed by atoms with Gasteiger partial charge >= 0.3 is 6.09 Å². The van der Waals surface area contributed by atoms with Crippen molar-refractivity contribution in [2.75, 3.05) is 39.9 Å². The highest BCUT2D eigenvalue weighted by Gasteiger charge is 2.26. The van der Waals surface area contributed by atoms with E-state index in [1.807, 2.05) is 25.7 Å². The van der Waals surface area contributed by atoms with E-state index in [1.54, 1.807) is 14.0 Å². The zero-order chi connectivity index (χ0) is 24.1. The van der Waals surface area contributed by atoms with E-state index in [9.17, 15) is 10.1 Å². The van der Waals surface area contributed by atoms with Crippen molar-refractivity contribution in [3.63, 3.8) is 0 Å². The van der Waals surface area contributed by atoms with Crippen molar-refractivity contribution in [1.82, 2.24) is 9.80 Å². The molecule has 0 N–H and O–H groups in total. The number of terminal acetylenes is 1. The molecule has 0 atom stereocenters. The van der Waals surface area contributed by atoms with Gasteiger partial charge in [-0.2, -0.15) is 5.26 Å². The molecular formula is C26H41N3O3. The number of likely N-dealkylation sites (tertiary alicyclic amines) is 1. The molecule has 0 aromatic heterocycles. The zero-order valence-corrected chi connectivity index (χ0v) is 20.9. The van der Waals surface area contributed by atoms with Crippen LogP contribution in [0.15, 0.2) is 22.4 Å². The van der Waals surface area contributed by atoms with E-state index in [0.717, 1.165) is 62.9 Å². The van der Waals surface area contributed by atoms with Gasteiger partial charge < -0.3 is 19.3 Å². The average Bonchev–Trinajstić information content (AvgIpc) is 2.68. The van der Waals surface area contributed by atoms with Gasteiger partial charge in [0, 0.05) is 33.3 Å². The number of rotatable bonds is 4. The molecule has 2 heterocycles. The van der Waals surface area contributed by atoms with Crippen molar-refractivity contribution in [3.8, 4) is 18.4 Å². The van der Waals surface area contributed by atoms with Crippen LogP contribution in [0, 0.1) is 23.7 Å². The van der Waals surface area contributed by atoms with E-state index in [1.165, 1.54) is 11.1 Å². The van der Waals surface area contributed by atoms with E-state index in [-0.39, 0.29) is 6.09 Å². The Kier molecular flexibility index (Phi) is 12.0. The number of carbonyl (C=O) groups is 1. The predicted octanol–water partition coefficient (Wildman–Crippen LogP) is 5.27. The molecule has 1 saturated heterocycles. The molecule has 1 fully saturated rings. The highest BCUT2D eigenvalue weighted by molar-refractivity contribution is 5.68. The van der Waals surface area contributed by atoms with E-state index in [0.29, 0.717) is 19.7 Å². The van der Waals surface area contributed by atoms with Crippen LogP contribution in [-0.2, 0) is 9.47 Å². The number of ether oxygens (including phenoxy) is 2. The summed E-state index contributed by atoms with van der Waals surface area (Å²) in [5.74, 6) is 2.25. The molecule has 0 aromatic rings. The number of hydrogen-bond donors (Lipinski definition) is 0. The van der Waals surface area contributed by atoms with Gasteiger partial charge in [-0.1, -0.05) is 5.57 Å². The Morgan fingerprint density at radius 3 is 2.19 bits per heavy atom. The van der Waals surface area contributed by atoms with Crippen molar-refractivity contribution in [2.45, 2.75) is 78.7 Å². The van der Waals surface area contributed by atoms with Gasteiger partial charge in [0.15, 0.2) is 0 Å². The van der Waals surface area contributed by atoms with Gasteiger partial charge in [0.1, 0.15) is 11.7 Å². The number of nitrogens with zero attached hydrogens (tertiary/aromatic N) is 3. The van der Waals surface area contributed by atoms with Crippen molar-refractivity contribution in [3.05, 3.63) is 22.4 Å². The third-order valence-corrected chi connectivity index (χ3v) is 5.43. The van der Waals surface area contributed by atoms with Crippen LogP contribution in [0.5, 0.6) is 0 Å². The fourth-order valence-corrected chi connectivity index (χ4v) is 4.09. The first-order chi connectivity index (χ1) is 15.2. The standard InChI is InChI=1S/C23H37N3O3.C3H4/c1-18-9-6-12-25(15-16-28-5)21(18)20(17-24)19-10-7-13-26(14-8-11-19)22(27)29-23(2,3)4;1-3-2/h6-16H2,1-5H3;1H,2H3. The van der Waals surface area contributed by atoms with Crippen LogP contribution in [0.25, 0.3) is 0 Å². The minimum atomic E-state index is -0.477. The third-order valence-electron chi connectivity index (χ3n) is 5.43. The Balaban J connectivity index is 0.00000161. The molecule has 0 spiro atoms. The van der Waals surface area contributed by atoms with Gasteiger partial charge in [0.2, 0.25) is 0 Å². The summed E-state index contributed by atoms with van der Waals surface area (Å²) in [7, 11) is 1.72. The monoisotopic (exact) mass is 443 g/mol. The lowest BCUT2D eigenvalue weighted by Crippen LogP contribution is -2.38. The van der Waals surface area contributed by atoms with E-state index < -0.39 is 5.60 Å². The van der Waals surface area contributed by atoms with Crippen LogP contribution in [-0.4, -0.2) is 61.4 Å². The lowest BCUT2D eigenvalue weighted by atomic mass is 9.91. The van der Waals surface area contributed by atoms with Crippen molar-refractivity contribution < 1.29 is 14.3 Å². The molecule has 2 aliphatic rings. The van der Waals surface area contributed by atoms with E-state index >= 15 is 0 Å². The molecule has 0 saturated carbocycles. The number of nitriles is 1. The minimum absolute atomic E-state index is 0.234. The quantitative estimate of drug-likeness (QED) is 0.437. The first-order valence-electron chi connectivity index (χ1n) is 11.6. The van der Waals surface area contributed by atoms with Gasteiger partial charge in [-0.25, -0.2) is 4.79 Å². The average molecular weight is 444 g/mol. The summed E-state index contributed by atoms with van der Waals surface area (Å²) in [5, 5.41) is 10.0. The number of allylic oxidation sites excluding steroid dienone is 3. The number of methoxy groups -OCH3 is 1.